The number of allylic oxidation sites excluding steroid dienone is 10. The van der Waals surface area contributed by atoms with Gasteiger partial charge in [-0.25, -0.2) is 4.57 Å². The topological polar surface area (TPSA) is 134 Å². The lowest BCUT2D eigenvalue weighted by Gasteiger charge is -2.19. The highest BCUT2D eigenvalue weighted by molar-refractivity contribution is 7.47. The summed E-state index contributed by atoms with van der Waals surface area (Å²) < 4.78 is 32.8. The summed E-state index contributed by atoms with van der Waals surface area (Å²) in [7, 11) is -4.39. The van der Waals surface area contributed by atoms with E-state index in [0.717, 1.165) is 57.8 Å². The Morgan fingerprint density at radius 3 is 1.49 bits per heavy atom. The number of rotatable bonds is 42. The molecule has 0 aliphatic heterocycles. The van der Waals surface area contributed by atoms with Crippen LogP contribution in [0.15, 0.2) is 60.8 Å². The number of nitrogens with two attached hydrogens (primary N) is 1. The van der Waals surface area contributed by atoms with Crippen LogP contribution in [0.4, 0.5) is 0 Å². The third-order valence-corrected chi connectivity index (χ3v) is 10.4. The van der Waals surface area contributed by atoms with Crippen molar-refractivity contribution in [3.63, 3.8) is 0 Å². The van der Waals surface area contributed by atoms with Crippen molar-refractivity contribution in [3.05, 3.63) is 60.8 Å². The zero-order valence-electron chi connectivity index (χ0n) is 36.3. The highest BCUT2D eigenvalue weighted by atomic mass is 31.2. The molecular weight excluding hydrogens is 737 g/mol. The number of carbonyl (C=O) groups is 2. The van der Waals surface area contributed by atoms with Crippen LogP contribution >= 0.6 is 7.82 Å². The SMILES string of the molecule is CC/C=C/C/C=C/C/C=C/C/C=C/CCCCC(=O)OC[C@H](COP(=O)(O)OCCN)OC(=O)CCCCCCCCCCCCC/C=C/CCCCCCCC. The minimum Gasteiger partial charge on any atom is -0.462 e. The van der Waals surface area contributed by atoms with Crippen molar-refractivity contribution in [2.45, 2.75) is 200 Å². The Hall–Kier alpha value is -2.29. The van der Waals surface area contributed by atoms with Crippen LogP contribution in [0, 0.1) is 0 Å². The molecule has 0 bridgehead atoms. The first-order valence-corrected chi connectivity index (χ1v) is 24.3. The number of carbonyl (C=O) groups excluding carboxylic acids is 2. The molecule has 10 heteroatoms. The van der Waals surface area contributed by atoms with Gasteiger partial charge < -0.3 is 20.1 Å². The number of hydrogen-bond acceptors (Lipinski definition) is 8. The second-order valence-electron chi connectivity index (χ2n) is 14.9. The van der Waals surface area contributed by atoms with Gasteiger partial charge in [-0.2, -0.15) is 0 Å². The molecule has 0 aromatic carbocycles. The maximum Gasteiger partial charge on any atom is 0.472 e. The maximum absolute atomic E-state index is 12.6. The van der Waals surface area contributed by atoms with E-state index in [-0.39, 0.29) is 32.6 Å². The lowest BCUT2D eigenvalue weighted by molar-refractivity contribution is -0.161. The monoisotopic (exact) mass is 822 g/mol. The van der Waals surface area contributed by atoms with E-state index in [1.54, 1.807) is 0 Å². The molecule has 0 saturated heterocycles. The number of hydrogen-bond donors (Lipinski definition) is 2. The molecule has 57 heavy (non-hydrogen) atoms. The number of unbranched alkanes of at least 4 members (excludes halogenated alkanes) is 19. The van der Waals surface area contributed by atoms with Crippen LogP contribution in [-0.2, 0) is 32.7 Å². The summed E-state index contributed by atoms with van der Waals surface area (Å²) in [5.74, 6) is -0.879. The van der Waals surface area contributed by atoms with E-state index in [4.69, 9.17) is 24.3 Å². The molecule has 0 heterocycles. The summed E-state index contributed by atoms with van der Waals surface area (Å²) in [6.45, 7) is 3.57. The number of ether oxygens (including phenoxy) is 2. The Kier molecular flexibility index (Phi) is 41.6. The third-order valence-electron chi connectivity index (χ3n) is 9.39. The van der Waals surface area contributed by atoms with Gasteiger partial charge in [0.15, 0.2) is 6.10 Å². The largest absolute Gasteiger partial charge is 0.472 e. The normalized spacial score (nSPS) is 13.8. The lowest BCUT2D eigenvalue weighted by atomic mass is 10.0. The molecule has 330 valence electrons. The van der Waals surface area contributed by atoms with Gasteiger partial charge in [-0.1, -0.05) is 164 Å². The van der Waals surface area contributed by atoms with E-state index in [9.17, 15) is 19.0 Å². The average molecular weight is 822 g/mol. The summed E-state index contributed by atoms with van der Waals surface area (Å²) in [5, 5.41) is 0. The predicted octanol–water partition coefficient (Wildman–Crippen LogP) is 13.3. The summed E-state index contributed by atoms with van der Waals surface area (Å²) in [5.41, 5.74) is 5.35. The Balaban J connectivity index is 4.15. The van der Waals surface area contributed by atoms with Crippen molar-refractivity contribution in [1.82, 2.24) is 0 Å². The summed E-state index contributed by atoms with van der Waals surface area (Å²) in [6.07, 6.45) is 51.2. The fraction of sp³-hybridized carbons (Fsp3) is 0.745. The Bertz CT molecular complexity index is 1120. The zero-order chi connectivity index (χ0) is 41.8. The summed E-state index contributed by atoms with van der Waals surface area (Å²) >= 11 is 0. The highest BCUT2D eigenvalue weighted by Crippen LogP contribution is 2.43. The van der Waals surface area contributed by atoms with Gasteiger partial charge in [0.05, 0.1) is 13.2 Å². The molecule has 9 nitrogen and oxygen atoms in total. The van der Waals surface area contributed by atoms with E-state index >= 15 is 0 Å². The lowest BCUT2D eigenvalue weighted by Crippen LogP contribution is -2.29. The summed E-state index contributed by atoms with van der Waals surface area (Å²) in [6, 6.07) is 0. The van der Waals surface area contributed by atoms with Crippen molar-refractivity contribution in [1.29, 1.82) is 0 Å². The van der Waals surface area contributed by atoms with Gasteiger partial charge >= 0.3 is 19.8 Å². The Morgan fingerprint density at radius 2 is 0.965 bits per heavy atom. The standard InChI is InChI=1S/C47H84NO8P/c1-3-5-7-9-11-13-15-17-19-20-21-22-23-24-26-28-30-32-34-36-38-40-47(50)56-45(44-55-57(51,52)54-42-41-48)43-53-46(49)39-37-35-33-31-29-27-25-18-16-14-12-10-8-6-4-2/h6,8,12,14,17-19,25,29,31,45H,3-5,7,9-11,13,15-16,20-24,26-28,30,32-44,48H2,1-2H3,(H,51,52)/b8-6+,14-12+,19-17+,25-18+,31-29+/t45-/m1/s1. The zero-order valence-corrected chi connectivity index (χ0v) is 37.2. The van der Waals surface area contributed by atoms with Gasteiger partial charge in [-0.05, 0) is 77.0 Å². The number of phosphoric ester groups is 1. The van der Waals surface area contributed by atoms with Crippen LogP contribution in [0.2, 0.25) is 0 Å². The van der Waals surface area contributed by atoms with E-state index in [1.807, 2.05) is 0 Å². The average Bonchev–Trinajstić information content (AvgIpc) is 3.20. The van der Waals surface area contributed by atoms with Gasteiger partial charge in [-0.15, -0.1) is 0 Å². The molecule has 0 saturated carbocycles. The molecule has 0 aliphatic carbocycles. The highest BCUT2D eigenvalue weighted by Gasteiger charge is 2.26. The van der Waals surface area contributed by atoms with Crippen LogP contribution in [-0.4, -0.2) is 49.3 Å². The van der Waals surface area contributed by atoms with Gasteiger partial charge in [0.25, 0.3) is 0 Å². The van der Waals surface area contributed by atoms with Gasteiger partial charge in [0, 0.05) is 19.4 Å². The molecule has 0 fully saturated rings. The molecule has 0 aliphatic rings. The molecule has 1 unspecified atom stereocenters. The van der Waals surface area contributed by atoms with Crippen molar-refractivity contribution in [3.8, 4) is 0 Å². The Morgan fingerprint density at radius 1 is 0.544 bits per heavy atom. The minimum absolute atomic E-state index is 0.0455. The van der Waals surface area contributed by atoms with Crippen LogP contribution in [0.25, 0.3) is 0 Å². The van der Waals surface area contributed by atoms with Crippen LogP contribution in [0.1, 0.15) is 194 Å². The summed E-state index contributed by atoms with van der Waals surface area (Å²) in [4.78, 5) is 34.9. The number of phosphoric acid groups is 1. The Labute approximate surface area is 349 Å². The first kappa shape index (κ1) is 54.7. The fourth-order valence-corrected chi connectivity index (χ4v) is 6.80. The third kappa shape index (κ3) is 43.1. The van der Waals surface area contributed by atoms with Crippen molar-refractivity contribution in [2.75, 3.05) is 26.4 Å². The molecule has 3 N–H and O–H groups in total. The van der Waals surface area contributed by atoms with Gasteiger partial charge in [0.1, 0.15) is 6.61 Å². The first-order valence-electron chi connectivity index (χ1n) is 22.8. The van der Waals surface area contributed by atoms with E-state index in [1.165, 1.54) is 96.3 Å². The minimum atomic E-state index is -4.39. The molecular formula is C47H84NO8P. The predicted molar refractivity (Wildman–Crippen MR) is 238 cm³/mol. The van der Waals surface area contributed by atoms with E-state index < -0.39 is 32.5 Å². The van der Waals surface area contributed by atoms with Crippen LogP contribution in [0.5, 0.6) is 0 Å². The van der Waals surface area contributed by atoms with Gasteiger partial charge in [-0.3, -0.25) is 18.6 Å². The van der Waals surface area contributed by atoms with Gasteiger partial charge in [0.2, 0.25) is 0 Å². The first-order chi connectivity index (χ1) is 27.8. The second kappa shape index (κ2) is 43.3. The van der Waals surface area contributed by atoms with Crippen molar-refractivity contribution < 1.29 is 37.6 Å². The van der Waals surface area contributed by atoms with Crippen LogP contribution in [0.3, 0.4) is 0 Å². The molecule has 0 aromatic rings. The molecule has 0 aromatic heterocycles. The maximum atomic E-state index is 12.6. The molecule has 0 radical (unpaired) electrons. The van der Waals surface area contributed by atoms with Crippen molar-refractivity contribution >= 4 is 19.8 Å². The van der Waals surface area contributed by atoms with Crippen LogP contribution < -0.4 is 5.73 Å². The van der Waals surface area contributed by atoms with E-state index in [0.29, 0.717) is 12.8 Å². The molecule has 0 rings (SSSR count). The number of esters is 2. The quantitative estimate of drug-likeness (QED) is 0.0267. The fourth-order valence-electron chi connectivity index (χ4n) is 6.03. The molecule has 2 atom stereocenters. The smallest absolute Gasteiger partial charge is 0.462 e. The molecule has 0 amide bonds. The van der Waals surface area contributed by atoms with E-state index in [2.05, 4.69) is 74.6 Å². The second-order valence-corrected chi connectivity index (χ2v) is 16.3. The van der Waals surface area contributed by atoms with Crippen molar-refractivity contribution in [2.24, 2.45) is 5.73 Å². The molecule has 0 spiro atoms.